The number of rotatable bonds is 5. The van der Waals surface area contributed by atoms with Crippen LogP contribution >= 0.6 is 0 Å². The summed E-state index contributed by atoms with van der Waals surface area (Å²) in [6.07, 6.45) is 12.2. The molecule has 3 saturated heterocycles. The second-order valence-corrected chi connectivity index (χ2v) is 11.7. The van der Waals surface area contributed by atoms with E-state index in [0.717, 1.165) is 64.7 Å². The number of likely N-dealkylation sites (tertiary alicyclic amines) is 2. The molecule has 0 bridgehead atoms. The van der Waals surface area contributed by atoms with E-state index in [2.05, 4.69) is 20.0 Å². The lowest BCUT2D eigenvalue weighted by atomic mass is 9.70. The molecule has 4 aliphatic heterocycles. The van der Waals surface area contributed by atoms with E-state index in [1.165, 1.54) is 25.7 Å². The number of hydrogen-bond acceptors (Lipinski definition) is 7. The molecule has 7 atom stereocenters. The fraction of sp³-hybridized carbons (Fsp3) is 0.852. The number of fused-ring (bicyclic) bond motifs is 2. The van der Waals surface area contributed by atoms with Crippen molar-refractivity contribution in [2.24, 2.45) is 5.92 Å². The van der Waals surface area contributed by atoms with Crippen LogP contribution in [-0.2, 0) is 14.3 Å². The van der Waals surface area contributed by atoms with Crippen molar-refractivity contribution in [3.63, 3.8) is 0 Å². The van der Waals surface area contributed by atoms with Crippen LogP contribution in [0, 0.1) is 5.92 Å². The second kappa shape index (κ2) is 10.1. The smallest absolute Gasteiger partial charge is 0.256 e. The summed E-state index contributed by atoms with van der Waals surface area (Å²) < 4.78 is 6.85. The maximum absolute atomic E-state index is 13.7. The minimum absolute atomic E-state index is 0.000759. The molecule has 8 nitrogen and oxygen atoms in total. The number of ketones is 1. The van der Waals surface area contributed by atoms with Crippen LogP contribution in [-0.4, -0.2) is 107 Å². The van der Waals surface area contributed by atoms with E-state index < -0.39 is 0 Å². The van der Waals surface area contributed by atoms with Gasteiger partial charge >= 0.3 is 0 Å². The van der Waals surface area contributed by atoms with Gasteiger partial charge in [0, 0.05) is 37.8 Å². The topological polar surface area (TPSA) is 85.3 Å². The number of Topliss-reactive ketones (excluding diaryl/α,β-unsaturated/α-hetero) is 1. The molecule has 4 heterocycles. The molecule has 6 aliphatic rings. The number of carbonyl (C=O) groups excluding carboxylic acids is 2. The van der Waals surface area contributed by atoms with E-state index in [-0.39, 0.29) is 54.0 Å². The molecule has 0 aromatic heterocycles. The van der Waals surface area contributed by atoms with Gasteiger partial charge in [0.1, 0.15) is 0 Å². The number of β-amino-alcohol motifs (C(OH)–C–C–N with tert-alkyl or cyclic N) is 1. The lowest BCUT2D eigenvalue weighted by Crippen LogP contribution is -2.71. The number of morpholine rings is 1. The molecule has 2 saturated carbocycles. The SMILES string of the molecule is O=C(NCCN1CCCC1)C1=CN2C3CCCCC3OC3C(N4CCCC(O)C4)CCC(C1=O)C32. The number of nitrogens with one attached hydrogen (secondary N) is 1. The number of ether oxygens (including phenoxy) is 1. The highest BCUT2D eigenvalue weighted by molar-refractivity contribution is 6.20. The van der Waals surface area contributed by atoms with Gasteiger partial charge in [0.2, 0.25) is 0 Å². The summed E-state index contributed by atoms with van der Waals surface area (Å²) in [5.74, 6) is -0.382. The minimum atomic E-state index is -0.271. The highest BCUT2D eigenvalue weighted by atomic mass is 16.5. The Morgan fingerprint density at radius 2 is 1.83 bits per heavy atom. The number of aliphatic hydroxyl groups is 1. The van der Waals surface area contributed by atoms with Crippen LogP contribution in [0.4, 0.5) is 0 Å². The summed E-state index contributed by atoms with van der Waals surface area (Å²) in [6, 6.07) is 0.480. The molecule has 194 valence electrons. The van der Waals surface area contributed by atoms with Crippen LogP contribution in [0.15, 0.2) is 11.8 Å². The van der Waals surface area contributed by atoms with Crippen molar-refractivity contribution in [2.75, 3.05) is 39.3 Å². The van der Waals surface area contributed by atoms with Crippen molar-refractivity contribution in [1.82, 2.24) is 20.0 Å². The van der Waals surface area contributed by atoms with Crippen LogP contribution in [0.25, 0.3) is 0 Å². The molecule has 0 aromatic carbocycles. The number of carbonyl (C=O) groups is 2. The fourth-order valence-corrected chi connectivity index (χ4v) is 7.85. The van der Waals surface area contributed by atoms with E-state index in [0.29, 0.717) is 18.7 Å². The lowest BCUT2D eigenvalue weighted by Gasteiger charge is -2.60. The molecule has 7 unspecified atom stereocenters. The predicted octanol–water partition coefficient (Wildman–Crippen LogP) is 1.28. The van der Waals surface area contributed by atoms with E-state index in [4.69, 9.17) is 4.74 Å². The van der Waals surface area contributed by atoms with Crippen LogP contribution in [0.1, 0.15) is 64.2 Å². The number of hydrogen-bond donors (Lipinski definition) is 2. The Hall–Kier alpha value is -1.48. The molecule has 5 fully saturated rings. The molecular weight excluding hydrogens is 444 g/mol. The molecule has 2 N–H and O–H groups in total. The normalized spacial score (nSPS) is 40.1. The summed E-state index contributed by atoms with van der Waals surface area (Å²) in [6.45, 7) is 5.34. The van der Waals surface area contributed by atoms with Gasteiger partial charge < -0.3 is 25.0 Å². The monoisotopic (exact) mass is 486 g/mol. The summed E-state index contributed by atoms with van der Waals surface area (Å²) in [7, 11) is 0. The molecule has 2 aliphatic carbocycles. The van der Waals surface area contributed by atoms with Crippen molar-refractivity contribution in [3.8, 4) is 0 Å². The standard InChI is InChI=1S/C27H42N4O4/c32-18-6-5-14-30(16-18)22-10-9-19-24-26(22)35-23-8-2-1-7-21(23)31(24)17-20(25(19)33)27(34)28-11-15-29-12-3-4-13-29/h17-19,21-24,26,32H,1-16H2,(H,28,34). The first-order valence-electron chi connectivity index (χ1n) is 14.2. The second-order valence-electron chi connectivity index (χ2n) is 11.7. The van der Waals surface area contributed by atoms with E-state index in [1.807, 2.05) is 6.20 Å². The van der Waals surface area contributed by atoms with Gasteiger partial charge in [-0.25, -0.2) is 0 Å². The van der Waals surface area contributed by atoms with Gasteiger partial charge in [-0.05, 0) is 71.0 Å². The van der Waals surface area contributed by atoms with Gasteiger partial charge in [0.15, 0.2) is 5.78 Å². The summed E-state index contributed by atoms with van der Waals surface area (Å²) >= 11 is 0. The van der Waals surface area contributed by atoms with E-state index >= 15 is 0 Å². The Labute approximate surface area is 209 Å². The Morgan fingerprint density at radius 3 is 2.66 bits per heavy atom. The average molecular weight is 487 g/mol. The zero-order valence-electron chi connectivity index (χ0n) is 20.9. The zero-order chi connectivity index (χ0) is 23.9. The number of amides is 1. The van der Waals surface area contributed by atoms with Gasteiger partial charge in [0.25, 0.3) is 5.91 Å². The first-order valence-corrected chi connectivity index (χ1v) is 14.2. The molecule has 0 spiro atoms. The molecule has 8 heteroatoms. The summed E-state index contributed by atoms with van der Waals surface area (Å²) in [5.41, 5.74) is 0.351. The van der Waals surface area contributed by atoms with Crippen molar-refractivity contribution < 1.29 is 19.4 Å². The first-order chi connectivity index (χ1) is 17.1. The Kier molecular flexibility index (Phi) is 6.90. The molecule has 6 rings (SSSR count). The van der Waals surface area contributed by atoms with E-state index in [9.17, 15) is 14.7 Å². The fourth-order valence-electron chi connectivity index (χ4n) is 7.85. The van der Waals surface area contributed by atoms with Crippen molar-refractivity contribution in [2.45, 2.75) is 101 Å². The third-order valence-electron chi connectivity index (χ3n) is 9.56. The molecule has 35 heavy (non-hydrogen) atoms. The number of aliphatic hydroxyl groups excluding tert-OH is 1. The number of nitrogens with zero attached hydrogens (tertiary/aromatic N) is 3. The van der Waals surface area contributed by atoms with E-state index in [1.54, 1.807) is 0 Å². The minimum Gasteiger partial charge on any atom is -0.392 e. The summed E-state index contributed by atoms with van der Waals surface area (Å²) in [4.78, 5) is 34.1. The van der Waals surface area contributed by atoms with Crippen LogP contribution in [0.2, 0.25) is 0 Å². The molecule has 0 radical (unpaired) electrons. The van der Waals surface area contributed by atoms with Crippen LogP contribution in [0.5, 0.6) is 0 Å². The molecule has 0 aromatic rings. The maximum atomic E-state index is 13.7. The summed E-state index contributed by atoms with van der Waals surface area (Å²) in [5, 5.41) is 13.4. The number of piperidine rings is 1. The van der Waals surface area contributed by atoms with Gasteiger partial charge in [0.05, 0.1) is 36.0 Å². The Bertz CT molecular complexity index is 843. The van der Waals surface area contributed by atoms with Gasteiger partial charge in [-0.3, -0.25) is 14.5 Å². The molecular formula is C27H42N4O4. The average Bonchev–Trinajstić information content (AvgIpc) is 3.39. The van der Waals surface area contributed by atoms with Gasteiger partial charge in [-0.15, -0.1) is 0 Å². The van der Waals surface area contributed by atoms with Crippen molar-refractivity contribution in [3.05, 3.63) is 11.8 Å². The Morgan fingerprint density at radius 1 is 1.00 bits per heavy atom. The quantitative estimate of drug-likeness (QED) is 0.567. The van der Waals surface area contributed by atoms with Crippen LogP contribution in [0.3, 0.4) is 0 Å². The lowest BCUT2D eigenvalue weighted by molar-refractivity contribution is -0.203. The largest absolute Gasteiger partial charge is 0.392 e. The maximum Gasteiger partial charge on any atom is 0.256 e. The third kappa shape index (κ3) is 4.56. The van der Waals surface area contributed by atoms with Crippen LogP contribution < -0.4 is 5.32 Å². The van der Waals surface area contributed by atoms with Gasteiger partial charge in [-0.1, -0.05) is 12.8 Å². The predicted molar refractivity (Wildman–Crippen MR) is 132 cm³/mol. The van der Waals surface area contributed by atoms with Crippen molar-refractivity contribution in [1.29, 1.82) is 0 Å². The Balaban J connectivity index is 1.23. The molecule has 1 amide bonds. The first kappa shape index (κ1) is 23.9. The highest BCUT2D eigenvalue weighted by Crippen LogP contribution is 2.46. The third-order valence-corrected chi connectivity index (χ3v) is 9.56. The van der Waals surface area contributed by atoms with Gasteiger partial charge in [-0.2, -0.15) is 0 Å². The van der Waals surface area contributed by atoms with Crippen molar-refractivity contribution >= 4 is 11.7 Å². The zero-order valence-corrected chi connectivity index (χ0v) is 20.9. The highest BCUT2D eigenvalue weighted by Gasteiger charge is 2.56.